The van der Waals surface area contributed by atoms with E-state index in [0.29, 0.717) is 5.33 Å². The fourth-order valence-corrected chi connectivity index (χ4v) is 3.83. The molecule has 0 aliphatic carbocycles. The standard InChI is InChI=1S/C11H15BrN2O4S/c1-2-8-13(9-7-12)19(17,18)11-6-4-3-5-10(11)14(15)16/h2-6,15-16H,1,7-9H2/p+1. The van der Waals surface area contributed by atoms with Crippen molar-refractivity contribution in [1.82, 2.24) is 4.31 Å². The van der Waals surface area contributed by atoms with E-state index in [1.54, 1.807) is 0 Å². The normalized spacial score (nSPS) is 12.1. The van der Waals surface area contributed by atoms with Crippen LogP contribution in [0.4, 0.5) is 5.69 Å². The van der Waals surface area contributed by atoms with E-state index in [9.17, 15) is 8.42 Å². The van der Waals surface area contributed by atoms with Crippen molar-refractivity contribution < 1.29 is 24.1 Å². The number of nitrogens with one attached hydrogen (secondary N) is 1. The van der Waals surface area contributed by atoms with E-state index in [1.807, 2.05) is 0 Å². The predicted octanol–water partition coefficient (Wildman–Crippen LogP) is 0.553. The van der Waals surface area contributed by atoms with E-state index in [1.165, 1.54) is 34.6 Å². The highest BCUT2D eigenvalue weighted by Crippen LogP contribution is 2.21. The summed E-state index contributed by atoms with van der Waals surface area (Å²) in [5, 5.41) is 17.8. The Labute approximate surface area is 120 Å². The van der Waals surface area contributed by atoms with Gasteiger partial charge in [-0.05, 0) is 11.3 Å². The number of alkyl halides is 1. The zero-order valence-corrected chi connectivity index (χ0v) is 12.6. The first-order chi connectivity index (χ1) is 8.95. The van der Waals surface area contributed by atoms with Crippen molar-refractivity contribution in [1.29, 1.82) is 0 Å². The summed E-state index contributed by atoms with van der Waals surface area (Å²) in [5.74, 6) is 0. The Bertz CT molecular complexity index is 533. The molecular weight excluding hydrogens is 336 g/mol. The van der Waals surface area contributed by atoms with Gasteiger partial charge in [0.2, 0.25) is 15.7 Å². The van der Waals surface area contributed by atoms with E-state index >= 15 is 0 Å². The Balaban J connectivity index is 3.28. The van der Waals surface area contributed by atoms with Gasteiger partial charge in [0, 0.05) is 24.5 Å². The number of benzene rings is 1. The molecule has 0 amide bonds. The molecule has 0 aromatic heterocycles. The van der Waals surface area contributed by atoms with Crippen molar-refractivity contribution in [3.8, 4) is 0 Å². The fraction of sp³-hybridized carbons (Fsp3) is 0.273. The van der Waals surface area contributed by atoms with Gasteiger partial charge in [-0.15, -0.1) is 6.58 Å². The van der Waals surface area contributed by atoms with Crippen LogP contribution in [0.25, 0.3) is 0 Å². The molecule has 0 bridgehead atoms. The lowest BCUT2D eigenvalue weighted by Crippen LogP contribution is -3.02. The van der Waals surface area contributed by atoms with Crippen molar-refractivity contribution in [2.45, 2.75) is 4.90 Å². The highest BCUT2D eigenvalue weighted by atomic mass is 79.9. The summed E-state index contributed by atoms with van der Waals surface area (Å²) in [6.07, 6.45) is 1.48. The minimum absolute atomic E-state index is 0.119. The molecule has 0 atom stereocenters. The molecule has 0 spiro atoms. The zero-order chi connectivity index (χ0) is 14.5. The lowest BCUT2D eigenvalue weighted by atomic mass is 10.3. The maximum absolute atomic E-state index is 12.5. The average Bonchev–Trinajstić information content (AvgIpc) is 2.38. The van der Waals surface area contributed by atoms with Crippen LogP contribution >= 0.6 is 15.9 Å². The number of quaternary nitrogens is 1. The molecular formula is C11H16BrN2O4S+. The third-order valence-corrected chi connectivity index (χ3v) is 4.69. The molecule has 0 saturated heterocycles. The molecule has 6 nitrogen and oxygen atoms in total. The summed E-state index contributed by atoms with van der Waals surface area (Å²) in [7, 11) is -3.81. The lowest BCUT2D eigenvalue weighted by molar-refractivity contribution is -1.19. The molecule has 0 saturated carbocycles. The molecule has 0 heterocycles. The van der Waals surface area contributed by atoms with Gasteiger partial charge < -0.3 is 0 Å². The zero-order valence-electron chi connectivity index (χ0n) is 10.2. The summed E-state index contributed by atoms with van der Waals surface area (Å²) < 4.78 is 26.1. The lowest BCUT2D eigenvalue weighted by Gasteiger charge is -2.20. The Morgan fingerprint density at radius 3 is 2.53 bits per heavy atom. The van der Waals surface area contributed by atoms with Crippen LogP contribution in [0.3, 0.4) is 0 Å². The number of nitrogens with zero attached hydrogens (tertiary/aromatic N) is 1. The van der Waals surface area contributed by atoms with Crippen molar-refractivity contribution in [3.63, 3.8) is 0 Å². The van der Waals surface area contributed by atoms with E-state index in [4.69, 9.17) is 10.4 Å². The summed E-state index contributed by atoms with van der Waals surface area (Å²) >= 11 is 3.19. The smallest absolute Gasteiger partial charge is 0.207 e. The molecule has 0 aliphatic heterocycles. The quantitative estimate of drug-likeness (QED) is 0.380. The van der Waals surface area contributed by atoms with Crippen LogP contribution in [0.15, 0.2) is 41.8 Å². The molecule has 3 N–H and O–H groups in total. The molecule has 1 rings (SSSR count). The Morgan fingerprint density at radius 1 is 1.37 bits per heavy atom. The van der Waals surface area contributed by atoms with Crippen molar-refractivity contribution in [2.24, 2.45) is 0 Å². The largest absolute Gasteiger partial charge is 0.249 e. The topological polar surface area (TPSA) is 82.3 Å². The number of para-hydroxylation sites is 1. The molecule has 19 heavy (non-hydrogen) atoms. The molecule has 8 heteroatoms. The van der Waals surface area contributed by atoms with Crippen LogP contribution in [-0.4, -0.2) is 41.6 Å². The number of rotatable bonds is 7. The highest BCUT2D eigenvalue weighted by Gasteiger charge is 2.29. The van der Waals surface area contributed by atoms with Crippen LogP contribution in [0, 0.1) is 0 Å². The summed E-state index contributed by atoms with van der Waals surface area (Å²) in [4.78, 5) is -0.141. The first-order valence-corrected chi connectivity index (χ1v) is 8.02. The molecule has 1 aromatic carbocycles. The monoisotopic (exact) mass is 351 g/mol. The molecule has 0 radical (unpaired) electrons. The van der Waals surface area contributed by atoms with Crippen molar-refractivity contribution >= 4 is 31.6 Å². The van der Waals surface area contributed by atoms with Crippen LogP contribution in [0.1, 0.15) is 0 Å². The second kappa shape index (κ2) is 7.13. The van der Waals surface area contributed by atoms with Crippen molar-refractivity contribution in [3.05, 3.63) is 36.9 Å². The van der Waals surface area contributed by atoms with Crippen LogP contribution < -0.4 is 5.23 Å². The first-order valence-electron chi connectivity index (χ1n) is 5.46. The van der Waals surface area contributed by atoms with Crippen molar-refractivity contribution in [2.75, 3.05) is 18.4 Å². The number of hydrogen-bond donors (Lipinski definition) is 3. The van der Waals surface area contributed by atoms with Gasteiger partial charge in [-0.3, -0.25) is 0 Å². The van der Waals surface area contributed by atoms with E-state index in [-0.39, 0.29) is 23.7 Å². The maximum Gasteiger partial charge on any atom is 0.249 e. The van der Waals surface area contributed by atoms with Gasteiger partial charge in [0.15, 0.2) is 0 Å². The molecule has 0 aliphatic rings. The third-order valence-electron chi connectivity index (χ3n) is 2.41. The van der Waals surface area contributed by atoms with Gasteiger partial charge in [-0.25, -0.2) is 8.42 Å². The molecule has 1 aromatic rings. The van der Waals surface area contributed by atoms with Crippen LogP contribution in [0.2, 0.25) is 0 Å². The van der Waals surface area contributed by atoms with E-state index < -0.39 is 15.2 Å². The van der Waals surface area contributed by atoms with E-state index in [0.717, 1.165) is 0 Å². The minimum Gasteiger partial charge on any atom is -0.207 e. The summed E-state index contributed by atoms with van der Waals surface area (Å²) in [5.41, 5.74) is -0.119. The molecule has 106 valence electrons. The van der Waals surface area contributed by atoms with Crippen LogP contribution in [-0.2, 0) is 10.0 Å². The predicted molar refractivity (Wildman–Crippen MR) is 73.4 cm³/mol. The molecule has 0 fully saturated rings. The summed E-state index contributed by atoms with van der Waals surface area (Å²) in [6, 6.07) is 5.73. The number of halogens is 1. The van der Waals surface area contributed by atoms with Gasteiger partial charge in [0.1, 0.15) is 4.90 Å². The Hall–Kier alpha value is -0.770. The average molecular weight is 352 g/mol. The number of hydrogen-bond acceptors (Lipinski definition) is 4. The summed E-state index contributed by atoms with van der Waals surface area (Å²) in [6.45, 7) is 3.93. The van der Waals surface area contributed by atoms with Gasteiger partial charge in [0.25, 0.3) is 0 Å². The minimum atomic E-state index is -3.81. The second-order valence-corrected chi connectivity index (χ2v) is 6.36. The Kier molecular flexibility index (Phi) is 6.11. The third kappa shape index (κ3) is 3.85. The molecule has 0 unspecified atom stereocenters. The highest BCUT2D eigenvalue weighted by molar-refractivity contribution is 9.09. The fourth-order valence-electron chi connectivity index (χ4n) is 1.56. The second-order valence-electron chi connectivity index (χ2n) is 3.66. The van der Waals surface area contributed by atoms with Gasteiger partial charge in [0.05, 0.1) is 0 Å². The number of sulfonamides is 1. The first kappa shape index (κ1) is 16.3. The SMILES string of the molecule is C=CCN(CCBr)S(=O)(=O)c1ccccc1[NH+](O)O. The van der Waals surface area contributed by atoms with Crippen LogP contribution in [0.5, 0.6) is 0 Å². The van der Waals surface area contributed by atoms with Gasteiger partial charge in [-0.1, -0.05) is 34.1 Å². The van der Waals surface area contributed by atoms with Gasteiger partial charge >= 0.3 is 0 Å². The van der Waals surface area contributed by atoms with E-state index in [2.05, 4.69) is 22.5 Å². The maximum atomic E-state index is 12.5. The Morgan fingerprint density at radius 2 is 2.00 bits per heavy atom. The van der Waals surface area contributed by atoms with Gasteiger partial charge in [-0.2, -0.15) is 14.7 Å².